The second-order valence-electron chi connectivity index (χ2n) is 7.62. The summed E-state index contributed by atoms with van der Waals surface area (Å²) in [6.07, 6.45) is 1.55. The number of nitrogens with zero attached hydrogens (tertiary/aromatic N) is 4. The SMILES string of the molecule is CCOC(=O)N1CCN(c2ncc(C3CC3)cn2)CC1c1c[nH]c(=O)c(C(F)(F)F)c1. The molecule has 1 saturated heterocycles. The first-order chi connectivity index (χ1) is 14.8. The number of hydrogen-bond acceptors (Lipinski definition) is 6. The molecule has 4 rings (SSSR count). The van der Waals surface area contributed by atoms with E-state index in [0.717, 1.165) is 24.5 Å². The fraction of sp³-hybridized carbons (Fsp3) is 0.500. The number of rotatable bonds is 4. The summed E-state index contributed by atoms with van der Waals surface area (Å²) in [6, 6.07) is 0.00784. The molecule has 1 N–H and O–H groups in total. The first-order valence-corrected chi connectivity index (χ1v) is 10.1. The minimum absolute atomic E-state index is 0.136. The van der Waals surface area contributed by atoms with Crippen molar-refractivity contribution >= 4 is 12.0 Å². The summed E-state index contributed by atoms with van der Waals surface area (Å²) in [7, 11) is 0. The molecule has 0 spiro atoms. The molecule has 11 heteroatoms. The Balaban J connectivity index is 1.64. The highest BCUT2D eigenvalue weighted by Gasteiger charge is 2.38. The molecule has 31 heavy (non-hydrogen) atoms. The van der Waals surface area contributed by atoms with Crippen molar-refractivity contribution in [1.29, 1.82) is 0 Å². The quantitative estimate of drug-likeness (QED) is 0.791. The molecule has 2 aromatic heterocycles. The van der Waals surface area contributed by atoms with Crippen LogP contribution in [0.2, 0.25) is 0 Å². The van der Waals surface area contributed by atoms with Gasteiger partial charge in [0, 0.05) is 38.2 Å². The summed E-state index contributed by atoms with van der Waals surface area (Å²) in [5, 5.41) is 0. The Hall–Kier alpha value is -3.11. The van der Waals surface area contributed by atoms with Crippen LogP contribution < -0.4 is 10.5 Å². The van der Waals surface area contributed by atoms with Gasteiger partial charge in [0.1, 0.15) is 5.56 Å². The van der Waals surface area contributed by atoms with Crippen LogP contribution in [-0.4, -0.2) is 52.2 Å². The van der Waals surface area contributed by atoms with Gasteiger partial charge in [-0.05, 0) is 42.9 Å². The smallest absolute Gasteiger partial charge is 0.421 e. The molecule has 2 aromatic rings. The van der Waals surface area contributed by atoms with Crippen molar-refractivity contribution < 1.29 is 22.7 Å². The zero-order valence-corrected chi connectivity index (χ0v) is 16.9. The largest absolute Gasteiger partial charge is 0.450 e. The molecule has 166 valence electrons. The molecule has 0 aromatic carbocycles. The Morgan fingerprint density at radius 3 is 2.55 bits per heavy atom. The maximum Gasteiger partial charge on any atom is 0.421 e. The van der Waals surface area contributed by atoms with Crippen molar-refractivity contribution in [2.24, 2.45) is 0 Å². The van der Waals surface area contributed by atoms with Crippen LogP contribution >= 0.6 is 0 Å². The summed E-state index contributed by atoms with van der Waals surface area (Å²) in [4.78, 5) is 38.3. The van der Waals surface area contributed by atoms with Crippen molar-refractivity contribution in [3.63, 3.8) is 0 Å². The summed E-state index contributed by atoms with van der Waals surface area (Å²) < 4.78 is 44.9. The Morgan fingerprint density at radius 2 is 1.94 bits per heavy atom. The van der Waals surface area contributed by atoms with E-state index in [9.17, 15) is 22.8 Å². The first kappa shape index (κ1) is 21.1. The van der Waals surface area contributed by atoms with Gasteiger partial charge in [0.15, 0.2) is 0 Å². The monoisotopic (exact) mass is 437 g/mol. The van der Waals surface area contributed by atoms with Gasteiger partial charge in [-0.2, -0.15) is 13.2 Å². The van der Waals surface area contributed by atoms with Gasteiger partial charge in [-0.3, -0.25) is 9.69 Å². The van der Waals surface area contributed by atoms with E-state index in [4.69, 9.17) is 4.74 Å². The van der Waals surface area contributed by atoms with Crippen LogP contribution in [0.1, 0.15) is 48.4 Å². The third-order valence-corrected chi connectivity index (χ3v) is 5.49. The molecule has 2 fully saturated rings. The molecular formula is C20H22F3N5O3. The van der Waals surface area contributed by atoms with E-state index in [2.05, 4.69) is 15.0 Å². The molecule has 1 saturated carbocycles. The number of amides is 1. The van der Waals surface area contributed by atoms with Gasteiger partial charge in [0.25, 0.3) is 5.56 Å². The van der Waals surface area contributed by atoms with E-state index in [1.165, 1.54) is 11.1 Å². The normalized spacial score (nSPS) is 19.4. The number of aromatic nitrogens is 3. The van der Waals surface area contributed by atoms with Crippen LogP contribution in [0.25, 0.3) is 0 Å². The topological polar surface area (TPSA) is 91.4 Å². The molecule has 1 unspecified atom stereocenters. The summed E-state index contributed by atoms with van der Waals surface area (Å²) in [5.41, 5.74) is -1.32. The van der Waals surface area contributed by atoms with Gasteiger partial charge in [-0.15, -0.1) is 0 Å². The van der Waals surface area contributed by atoms with E-state index < -0.39 is 29.4 Å². The van der Waals surface area contributed by atoms with Gasteiger partial charge in [0.05, 0.1) is 12.6 Å². The van der Waals surface area contributed by atoms with Gasteiger partial charge >= 0.3 is 12.3 Å². The van der Waals surface area contributed by atoms with E-state index in [-0.39, 0.29) is 25.3 Å². The number of carbonyl (C=O) groups is 1. The average molecular weight is 437 g/mol. The minimum Gasteiger partial charge on any atom is -0.450 e. The number of piperazine rings is 1. The van der Waals surface area contributed by atoms with Crippen LogP contribution in [-0.2, 0) is 10.9 Å². The zero-order valence-electron chi connectivity index (χ0n) is 16.9. The lowest BCUT2D eigenvalue weighted by atomic mass is 10.0. The zero-order chi connectivity index (χ0) is 22.2. The van der Waals surface area contributed by atoms with E-state index in [1.807, 2.05) is 4.90 Å². The molecule has 0 bridgehead atoms. The van der Waals surface area contributed by atoms with Crippen LogP contribution in [0.5, 0.6) is 0 Å². The minimum atomic E-state index is -4.81. The summed E-state index contributed by atoms with van der Waals surface area (Å²) >= 11 is 0. The van der Waals surface area contributed by atoms with Gasteiger partial charge < -0.3 is 14.6 Å². The highest BCUT2D eigenvalue weighted by atomic mass is 19.4. The molecule has 1 aliphatic heterocycles. The molecular weight excluding hydrogens is 415 g/mol. The fourth-order valence-corrected chi connectivity index (χ4v) is 3.70. The fourth-order valence-electron chi connectivity index (χ4n) is 3.70. The number of anilines is 1. The third kappa shape index (κ3) is 4.49. The average Bonchev–Trinajstić information content (AvgIpc) is 3.59. The molecule has 3 heterocycles. The highest BCUT2D eigenvalue weighted by molar-refractivity contribution is 5.69. The van der Waals surface area contributed by atoms with Crippen molar-refractivity contribution in [2.45, 2.75) is 37.9 Å². The number of aromatic amines is 1. The van der Waals surface area contributed by atoms with Gasteiger partial charge in [-0.25, -0.2) is 14.8 Å². The standard InChI is InChI=1S/C20H22F3N5O3/c1-2-31-19(30)28-6-5-27(18-25-9-14(10-26-18)12-3-4-12)11-16(28)13-7-15(20(21,22)23)17(29)24-8-13/h7-10,12,16H,2-6,11H2,1H3,(H,24,29). The molecule has 1 atom stereocenters. The van der Waals surface area contributed by atoms with Gasteiger partial charge in [0.2, 0.25) is 5.95 Å². The number of nitrogens with one attached hydrogen (secondary N) is 1. The molecule has 8 nitrogen and oxygen atoms in total. The van der Waals surface area contributed by atoms with E-state index >= 15 is 0 Å². The number of carbonyl (C=O) groups excluding carboxylic acids is 1. The maximum atomic E-state index is 13.3. The number of alkyl halides is 3. The lowest BCUT2D eigenvalue weighted by molar-refractivity contribution is -0.138. The number of hydrogen-bond donors (Lipinski definition) is 1. The van der Waals surface area contributed by atoms with Crippen LogP contribution in [0, 0.1) is 0 Å². The predicted octanol–water partition coefficient (Wildman–Crippen LogP) is 3.08. The number of pyridine rings is 1. The van der Waals surface area contributed by atoms with Crippen LogP contribution in [0.3, 0.4) is 0 Å². The molecule has 1 aliphatic carbocycles. The van der Waals surface area contributed by atoms with Crippen molar-refractivity contribution in [3.8, 4) is 0 Å². The Kier molecular flexibility index (Phi) is 5.59. The first-order valence-electron chi connectivity index (χ1n) is 10.1. The molecule has 1 amide bonds. The number of halogens is 3. The second kappa shape index (κ2) is 8.20. The number of ether oxygens (including phenoxy) is 1. The maximum absolute atomic E-state index is 13.3. The second-order valence-corrected chi connectivity index (χ2v) is 7.62. The molecule has 2 aliphatic rings. The Labute approximate surface area is 176 Å². The highest BCUT2D eigenvalue weighted by Crippen LogP contribution is 2.39. The van der Waals surface area contributed by atoms with Crippen molar-refractivity contribution in [3.05, 3.63) is 51.7 Å². The lowest BCUT2D eigenvalue weighted by Gasteiger charge is -2.40. The summed E-state index contributed by atoms with van der Waals surface area (Å²) in [5.74, 6) is 0.947. The molecule has 0 radical (unpaired) electrons. The van der Waals surface area contributed by atoms with Crippen LogP contribution in [0.4, 0.5) is 23.9 Å². The van der Waals surface area contributed by atoms with Gasteiger partial charge in [-0.1, -0.05) is 0 Å². The van der Waals surface area contributed by atoms with Crippen molar-refractivity contribution in [2.75, 3.05) is 31.1 Å². The number of H-pyrrole nitrogens is 1. The van der Waals surface area contributed by atoms with Crippen molar-refractivity contribution in [1.82, 2.24) is 19.9 Å². The van der Waals surface area contributed by atoms with E-state index in [0.29, 0.717) is 18.4 Å². The summed E-state index contributed by atoms with van der Waals surface area (Å²) in [6.45, 7) is 2.55. The predicted molar refractivity (Wildman–Crippen MR) is 105 cm³/mol. The van der Waals surface area contributed by atoms with Crippen LogP contribution in [0.15, 0.2) is 29.5 Å². The van der Waals surface area contributed by atoms with E-state index in [1.54, 1.807) is 19.3 Å². The third-order valence-electron chi connectivity index (χ3n) is 5.49. The lowest BCUT2D eigenvalue weighted by Crippen LogP contribution is -2.51. The Morgan fingerprint density at radius 1 is 1.23 bits per heavy atom. The Bertz CT molecular complexity index is 1000.